The topological polar surface area (TPSA) is 48.5 Å². The second kappa shape index (κ2) is 8.39. The minimum atomic E-state index is -0.0172. The van der Waals surface area contributed by atoms with Crippen molar-refractivity contribution in [1.29, 1.82) is 0 Å². The molecule has 8 heteroatoms. The van der Waals surface area contributed by atoms with Crippen LogP contribution in [0.5, 0.6) is 0 Å². The number of hydrogen-bond acceptors (Lipinski definition) is 5. The van der Waals surface area contributed by atoms with Crippen molar-refractivity contribution in [3.05, 3.63) is 57.2 Å². The summed E-state index contributed by atoms with van der Waals surface area (Å²) in [5, 5.41) is 9.71. The van der Waals surface area contributed by atoms with E-state index in [0.717, 1.165) is 59.0 Å². The third-order valence-corrected chi connectivity index (χ3v) is 6.33. The Balaban J connectivity index is 1.29. The second-order valence-corrected chi connectivity index (χ2v) is 8.63. The number of thiophene rings is 1. The van der Waals surface area contributed by atoms with Crippen LogP contribution < -0.4 is 5.32 Å². The van der Waals surface area contributed by atoms with E-state index in [9.17, 15) is 4.79 Å². The van der Waals surface area contributed by atoms with Gasteiger partial charge in [-0.05, 0) is 29.6 Å². The molecule has 0 radical (unpaired) electrons. The highest BCUT2D eigenvalue weighted by atomic mass is 35.5. The lowest BCUT2D eigenvalue weighted by atomic mass is 10.2. The maximum Gasteiger partial charge on any atom is 0.322 e. The number of benzene rings is 1. The van der Waals surface area contributed by atoms with Crippen molar-refractivity contribution in [2.24, 2.45) is 0 Å². The first kappa shape index (κ1) is 18.4. The van der Waals surface area contributed by atoms with Gasteiger partial charge in [0.25, 0.3) is 0 Å². The molecule has 0 unspecified atom stereocenters. The molecule has 1 fully saturated rings. The van der Waals surface area contributed by atoms with Gasteiger partial charge in [0.1, 0.15) is 5.01 Å². The quantitative estimate of drug-likeness (QED) is 0.657. The first-order valence-corrected chi connectivity index (χ1v) is 10.8. The van der Waals surface area contributed by atoms with Gasteiger partial charge < -0.3 is 4.90 Å². The molecular formula is C19H19ClN4OS2. The lowest BCUT2D eigenvalue weighted by Gasteiger charge is -2.34. The molecule has 4 rings (SSSR count). The summed E-state index contributed by atoms with van der Waals surface area (Å²) in [6, 6.07) is 11.6. The number of halogens is 1. The van der Waals surface area contributed by atoms with Crippen LogP contribution in [0.15, 0.2) is 47.2 Å². The molecule has 3 aromatic rings. The van der Waals surface area contributed by atoms with E-state index in [4.69, 9.17) is 16.6 Å². The van der Waals surface area contributed by atoms with E-state index in [2.05, 4.69) is 15.6 Å². The average Bonchev–Trinajstić information content (AvgIpc) is 3.35. The maximum atomic E-state index is 12.3. The first-order chi connectivity index (χ1) is 13.2. The van der Waals surface area contributed by atoms with E-state index in [1.165, 1.54) is 11.3 Å². The smallest absolute Gasteiger partial charge is 0.322 e. The van der Waals surface area contributed by atoms with Gasteiger partial charge in [-0.1, -0.05) is 23.7 Å². The predicted octanol–water partition coefficient (Wildman–Crippen LogP) is 4.87. The van der Waals surface area contributed by atoms with E-state index in [1.54, 1.807) is 11.3 Å². The summed E-state index contributed by atoms with van der Waals surface area (Å²) in [5.74, 6) is 0. The molecule has 0 bridgehead atoms. The van der Waals surface area contributed by atoms with E-state index >= 15 is 0 Å². The molecular weight excluding hydrogens is 400 g/mol. The molecule has 0 saturated carbocycles. The Kier molecular flexibility index (Phi) is 5.73. The Morgan fingerprint density at radius 2 is 1.89 bits per heavy atom. The van der Waals surface area contributed by atoms with Crippen molar-refractivity contribution >= 4 is 45.3 Å². The third kappa shape index (κ3) is 4.68. The third-order valence-electron chi connectivity index (χ3n) is 4.46. The van der Waals surface area contributed by atoms with E-state index < -0.39 is 0 Å². The highest BCUT2D eigenvalue weighted by molar-refractivity contribution is 7.14. The summed E-state index contributed by atoms with van der Waals surface area (Å²) in [7, 11) is 0. The van der Waals surface area contributed by atoms with Gasteiger partial charge in [0.2, 0.25) is 0 Å². The molecule has 0 aliphatic carbocycles. The molecule has 27 heavy (non-hydrogen) atoms. The number of aromatic nitrogens is 1. The number of amides is 2. The maximum absolute atomic E-state index is 12.3. The van der Waals surface area contributed by atoms with Crippen LogP contribution in [0.4, 0.5) is 9.80 Å². The standard InChI is InChI=1S/C19H19ClN4OS2/c20-15-5-3-14(4-6-15)16-13-27-18(21-16)12-23-7-9-24(10-8-23)19(25)22-17-2-1-11-26-17/h1-6,11,13H,7-10,12H2,(H,22,25). The number of nitrogens with one attached hydrogen (secondary N) is 1. The minimum Gasteiger partial charge on any atom is -0.322 e. The summed E-state index contributed by atoms with van der Waals surface area (Å²) in [5.41, 5.74) is 2.07. The van der Waals surface area contributed by atoms with Crippen LogP contribution in [0.2, 0.25) is 5.02 Å². The molecule has 1 aliphatic rings. The van der Waals surface area contributed by atoms with Crippen molar-refractivity contribution < 1.29 is 4.79 Å². The van der Waals surface area contributed by atoms with Gasteiger partial charge in [0, 0.05) is 42.1 Å². The number of carbonyl (C=O) groups excluding carboxylic acids is 1. The zero-order chi connectivity index (χ0) is 18.6. The number of carbonyl (C=O) groups is 1. The highest BCUT2D eigenvalue weighted by Gasteiger charge is 2.22. The number of urea groups is 1. The lowest BCUT2D eigenvalue weighted by Crippen LogP contribution is -2.49. The normalized spacial score (nSPS) is 15.1. The molecule has 140 valence electrons. The van der Waals surface area contributed by atoms with Crippen LogP contribution in [0, 0.1) is 0 Å². The molecule has 1 aromatic carbocycles. The van der Waals surface area contributed by atoms with Crippen molar-refractivity contribution in [2.75, 3.05) is 31.5 Å². The number of thiazole rings is 1. The summed E-state index contributed by atoms with van der Waals surface area (Å²) < 4.78 is 0. The van der Waals surface area contributed by atoms with Crippen LogP contribution in [-0.4, -0.2) is 47.0 Å². The zero-order valence-corrected chi connectivity index (χ0v) is 17.0. The number of rotatable bonds is 4. The van der Waals surface area contributed by atoms with Crippen LogP contribution in [0.1, 0.15) is 5.01 Å². The van der Waals surface area contributed by atoms with Gasteiger partial charge in [-0.3, -0.25) is 10.2 Å². The van der Waals surface area contributed by atoms with E-state index in [1.807, 2.05) is 46.7 Å². The van der Waals surface area contributed by atoms with Crippen molar-refractivity contribution in [3.8, 4) is 11.3 Å². The molecule has 1 aliphatic heterocycles. The fourth-order valence-corrected chi connectivity index (χ4v) is 4.55. The number of anilines is 1. The molecule has 0 spiro atoms. The van der Waals surface area contributed by atoms with Gasteiger partial charge in [0.05, 0.1) is 17.2 Å². The monoisotopic (exact) mass is 418 g/mol. The second-order valence-electron chi connectivity index (χ2n) is 6.30. The van der Waals surface area contributed by atoms with Gasteiger partial charge in [0.15, 0.2) is 0 Å². The van der Waals surface area contributed by atoms with E-state index in [0.29, 0.717) is 0 Å². The van der Waals surface area contributed by atoms with Gasteiger partial charge in [-0.15, -0.1) is 22.7 Å². The van der Waals surface area contributed by atoms with Crippen LogP contribution in [0.25, 0.3) is 11.3 Å². The summed E-state index contributed by atoms with van der Waals surface area (Å²) in [4.78, 5) is 21.3. The van der Waals surface area contributed by atoms with Gasteiger partial charge in [-0.2, -0.15) is 0 Å². The van der Waals surface area contributed by atoms with Gasteiger partial charge in [-0.25, -0.2) is 9.78 Å². The van der Waals surface area contributed by atoms with Crippen molar-refractivity contribution in [3.63, 3.8) is 0 Å². The Bertz CT molecular complexity index is 887. The summed E-state index contributed by atoms with van der Waals surface area (Å²) in [6.45, 7) is 3.99. The fourth-order valence-electron chi connectivity index (χ4n) is 2.97. The van der Waals surface area contributed by atoms with Crippen LogP contribution in [-0.2, 0) is 6.54 Å². The fraction of sp³-hybridized carbons (Fsp3) is 0.263. The van der Waals surface area contributed by atoms with Crippen molar-refractivity contribution in [2.45, 2.75) is 6.54 Å². The number of nitrogens with zero attached hydrogens (tertiary/aromatic N) is 3. The first-order valence-electron chi connectivity index (χ1n) is 8.69. The van der Waals surface area contributed by atoms with Crippen molar-refractivity contribution in [1.82, 2.24) is 14.8 Å². The Morgan fingerprint density at radius 3 is 2.59 bits per heavy atom. The largest absolute Gasteiger partial charge is 0.322 e. The highest BCUT2D eigenvalue weighted by Crippen LogP contribution is 2.24. The molecule has 2 aromatic heterocycles. The number of piperazine rings is 1. The minimum absolute atomic E-state index is 0.0172. The average molecular weight is 419 g/mol. The Morgan fingerprint density at radius 1 is 1.11 bits per heavy atom. The summed E-state index contributed by atoms with van der Waals surface area (Å²) >= 11 is 9.16. The summed E-state index contributed by atoms with van der Waals surface area (Å²) in [6.07, 6.45) is 0. The number of hydrogen-bond donors (Lipinski definition) is 1. The lowest BCUT2D eigenvalue weighted by molar-refractivity contribution is 0.143. The predicted molar refractivity (Wildman–Crippen MR) is 113 cm³/mol. The Labute approximate surface area is 171 Å². The zero-order valence-electron chi connectivity index (χ0n) is 14.6. The molecule has 0 atom stereocenters. The Hall–Kier alpha value is -1.93. The molecule has 2 amide bonds. The van der Waals surface area contributed by atoms with Gasteiger partial charge >= 0.3 is 6.03 Å². The van der Waals surface area contributed by atoms with E-state index in [-0.39, 0.29) is 6.03 Å². The SMILES string of the molecule is O=C(Nc1cccs1)N1CCN(Cc2nc(-c3ccc(Cl)cc3)cs2)CC1. The molecule has 1 N–H and O–H groups in total. The van der Waals surface area contributed by atoms with Crippen LogP contribution >= 0.6 is 34.3 Å². The van der Waals surface area contributed by atoms with Crippen LogP contribution in [0.3, 0.4) is 0 Å². The molecule has 1 saturated heterocycles. The molecule has 3 heterocycles. The molecule has 5 nitrogen and oxygen atoms in total.